The molecule has 0 saturated heterocycles. The Balaban J connectivity index is 1.96. The third-order valence-corrected chi connectivity index (χ3v) is 3.76. The van der Waals surface area contributed by atoms with Gasteiger partial charge < -0.3 is 4.74 Å². The first-order chi connectivity index (χ1) is 9.55. The molecule has 0 saturated carbocycles. The summed E-state index contributed by atoms with van der Waals surface area (Å²) in [7, 11) is 0. The van der Waals surface area contributed by atoms with Crippen LogP contribution in [-0.4, -0.2) is 15.4 Å². The van der Waals surface area contributed by atoms with E-state index in [1.807, 2.05) is 41.2 Å². The quantitative estimate of drug-likeness (QED) is 0.816. The van der Waals surface area contributed by atoms with Crippen LogP contribution in [0.1, 0.15) is 26.3 Å². The maximum Gasteiger partial charge on any atom is 0.105 e. The van der Waals surface area contributed by atoms with E-state index in [-0.39, 0.29) is 11.6 Å². The molecule has 1 unspecified atom stereocenters. The Morgan fingerprint density at radius 3 is 2.70 bits per heavy atom. The van der Waals surface area contributed by atoms with Crippen molar-refractivity contribution < 1.29 is 4.74 Å². The summed E-state index contributed by atoms with van der Waals surface area (Å²) < 4.78 is 7.66. The highest BCUT2D eigenvalue weighted by molar-refractivity contribution is 6.30. The summed E-state index contributed by atoms with van der Waals surface area (Å²) in [5.74, 6) is 0. The smallest absolute Gasteiger partial charge is 0.105 e. The third-order valence-electron chi connectivity index (χ3n) is 3.51. The topological polar surface area (TPSA) is 27.1 Å². The van der Waals surface area contributed by atoms with Crippen molar-refractivity contribution in [2.75, 3.05) is 0 Å². The molecular formula is C16H17ClN2O. The number of halogens is 1. The van der Waals surface area contributed by atoms with Crippen molar-refractivity contribution in [2.24, 2.45) is 0 Å². The molecule has 0 amide bonds. The van der Waals surface area contributed by atoms with Gasteiger partial charge in [-0.05, 0) is 43.7 Å². The lowest BCUT2D eigenvalue weighted by Crippen LogP contribution is -2.30. The van der Waals surface area contributed by atoms with Crippen LogP contribution in [0.25, 0.3) is 11.3 Å². The van der Waals surface area contributed by atoms with Gasteiger partial charge >= 0.3 is 0 Å². The highest BCUT2D eigenvalue weighted by atomic mass is 35.5. The SMILES string of the molecule is CC1(C)CC(n2nccc2-c2ccc(Cl)cc2)C=CO1. The molecule has 2 heterocycles. The number of aromatic nitrogens is 2. The van der Waals surface area contributed by atoms with Crippen molar-refractivity contribution in [3.63, 3.8) is 0 Å². The van der Waals surface area contributed by atoms with Gasteiger partial charge in [0, 0.05) is 17.6 Å². The van der Waals surface area contributed by atoms with Gasteiger partial charge in [0.25, 0.3) is 0 Å². The van der Waals surface area contributed by atoms with Gasteiger partial charge in [-0.2, -0.15) is 5.10 Å². The molecule has 1 aliphatic rings. The maximum absolute atomic E-state index is 5.95. The van der Waals surface area contributed by atoms with Gasteiger partial charge in [0.2, 0.25) is 0 Å². The fourth-order valence-corrected chi connectivity index (χ4v) is 2.66. The number of rotatable bonds is 2. The molecule has 2 aromatic rings. The number of hydrogen-bond donors (Lipinski definition) is 0. The highest BCUT2D eigenvalue weighted by Crippen LogP contribution is 2.32. The van der Waals surface area contributed by atoms with E-state index in [0.29, 0.717) is 0 Å². The monoisotopic (exact) mass is 288 g/mol. The minimum Gasteiger partial charge on any atom is -0.496 e. The predicted octanol–water partition coefficient (Wildman–Crippen LogP) is 4.46. The minimum atomic E-state index is -0.164. The van der Waals surface area contributed by atoms with Crippen LogP contribution in [0.3, 0.4) is 0 Å². The first-order valence-electron chi connectivity index (χ1n) is 6.69. The van der Waals surface area contributed by atoms with E-state index < -0.39 is 0 Å². The normalized spacial score (nSPS) is 20.6. The molecule has 3 nitrogen and oxygen atoms in total. The largest absolute Gasteiger partial charge is 0.496 e. The Bertz CT molecular complexity index is 628. The summed E-state index contributed by atoms with van der Waals surface area (Å²) in [6.07, 6.45) is 6.56. The lowest BCUT2D eigenvalue weighted by atomic mass is 9.96. The Kier molecular flexibility index (Phi) is 3.30. The van der Waals surface area contributed by atoms with E-state index in [2.05, 4.69) is 25.0 Å². The molecule has 0 bridgehead atoms. The Morgan fingerprint density at radius 2 is 2.00 bits per heavy atom. The Morgan fingerprint density at radius 1 is 1.25 bits per heavy atom. The molecule has 1 aromatic heterocycles. The Hall–Kier alpha value is -1.74. The van der Waals surface area contributed by atoms with Crippen molar-refractivity contribution in [1.29, 1.82) is 0 Å². The van der Waals surface area contributed by atoms with Crippen LogP contribution in [0, 0.1) is 0 Å². The number of hydrogen-bond acceptors (Lipinski definition) is 2. The predicted molar refractivity (Wildman–Crippen MR) is 80.6 cm³/mol. The molecule has 0 N–H and O–H groups in total. The van der Waals surface area contributed by atoms with Crippen LogP contribution >= 0.6 is 11.6 Å². The molecule has 0 fully saturated rings. The minimum absolute atomic E-state index is 0.164. The van der Waals surface area contributed by atoms with Crippen molar-refractivity contribution in [3.05, 3.63) is 53.9 Å². The second kappa shape index (κ2) is 4.98. The lowest BCUT2D eigenvalue weighted by molar-refractivity contribution is 0.0247. The van der Waals surface area contributed by atoms with Crippen LogP contribution in [0.15, 0.2) is 48.9 Å². The fourth-order valence-electron chi connectivity index (χ4n) is 2.53. The Labute approximate surface area is 123 Å². The van der Waals surface area contributed by atoms with Crippen LogP contribution < -0.4 is 0 Å². The molecule has 0 spiro atoms. The molecule has 0 radical (unpaired) electrons. The second-order valence-electron chi connectivity index (χ2n) is 5.65. The molecule has 1 atom stereocenters. The zero-order valence-electron chi connectivity index (χ0n) is 11.6. The van der Waals surface area contributed by atoms with E-state index in [9.17, 15) is 0 Å². The summed E-state index contributed by atoms with van der Waals surface area (Å²) in [4.78, 5) is 0. The van der Waals surface area contributed by atoms with Gasteiger partial charge in [-0.3, -0.25) is 4.68 Å². The maximum atomic E-state index is 5.95. The first-order valence-corrected chi connectivity index (χ1v) is 7.07. The van der Waals surface area contributed by atoms with Crippen molar-refractivity contribution in [1.82, 2.24) is 9.78 Å². The summed E-state index contributed by atoms with van der Waals surface area (Å²) in [5, 5.41) is 5.22. The molecule has 1 aromatic carbocycles. The highest BCUT2D eigenvalue weighted by Gasteiger charge is 2.28. The molecule has 104 valence electrons. The molecule has 1 aliphatic heterocycles. The molecular weight excluding hydrogens is 272 g/mol. The number of allylic oxidation sites excluding steroid dienone is 1. The summed E-state index contributed by atoms with van der Waals surface area (Å²) in [6.45, 7) is 4.18. The summed E-state index contributed by atoms with van der Waals surface area (Å²) in [5.41, 5.74) is 2.04. The lowest BCUT2D eigenvalue weighted by Gasteiger charge is -2.32. The number of benzene rings is 1. The van der Waals surface area contributed by atoms with Gasteiger partial charge in [-0.1, -0.05) is 23.7 Å². The van der Waals surface area contributed by atoms with Crippen LogP contribution in [0.5, 0.6) is 0 Å². The van der Waals surface area contributed by atoms with Crippen LogP contribution in [0.2, 0.25) is 5.02 Å². The molecule has 3 rings (SSSR count). The van der Waals surface area contributed by atoms with E-state index in [0.717, 1.165) is 22.7 Å². The van der Waals surface area contributed by atoms with Crippen molar-refractivity contribution in [2.45, 2.75) is 31.9 Å². The average molecular weight is 289 g/mol. The first kappa shape index (κ1) is 13.3. The van der Waals surface area contributed by atoms with Gasteiger partial charge in [0.05, 0.1) is 18.0 Å². The zero-order chi connectivity index (χ0) is 14.2. The third kappa shape index (κ3) is 2.59. The van der Waals surface area contributed by atoms with Crippen molar-refractivity contribution in [3.8, 4) is 11.3 Å². The van der Waals surface area contributed by atoms with Gasteiger partial charge in [0.1, 0.15) is 5.60 Å². The standard InChI is InChI=1S/C16H17ClN2O/c1-16(2)11-14(8-10-20-16)19-15(7-9-18-19)12-3-5-13(17)6-4-12/h3-10,14H,11H2,1-2H3. The molecule has 0 aliphatic carbocycles. The van der Waals surface area contributed by atoms with Crippen LogP contribution in [0.4, 0.5) is 0 Å². The van der Waals surface area contributed by atoms with E-state index in [1.54, 1.807) is 6.26 Å². The number of ether oxygens (including phenoxy) is 1. The summed E-state index contributed by atoms with van der Waals surface area (Å²) >= 11 is 5.95. The van der Waals surface area contributed by atoms with E-state index >= 15 is 0 Å². The summed E-state index contributed by atoms with van der Waals surface area (Å²) in [6, 6.07) is 10.1. The fraction of sp³-hybridized carbons (Fsp3) is 0.312. The zero-order valence-corrected chi connectivity index (χ0v) is 12.3. The van der Waals surface area contributed by atoms with E-state index in [1.165, 1.54) is 0 Å². The average Bonchev–Trinajstić information content (AvgIpc) is 2.87. The second-order valence-corrected chi connectivity index (χ2v) is 6.08. The van der Waals surface area contributed by atoms with E-state index in [4.69, 9.17) is 16.3 Å². The molecule has 4 heteroatoms. The van der Waals surface area contributed by atoms with Gasteiger partial charge in [-0.25, -0.2) is 0 Å². The van der Waals surface area contributed by atoms with Crippen LogP contribution in [-0.2, 0) is 4.74 Å². The van der Waals surface area contributed by atoms with Gasteiger partial charge in [-0.15, -0.1) is 0 Å². The molecule has 20 heavy (non-hydrogen) atoms. The van der Waals surface area contributed by atoms with Gasteiger partial charge in [0.15, 0.2) is 0 Å². The van der Waals surface area contributed by atoms with Crippen molar-refractivity contribution >= 4 is 11.6 Å². The number of nitrogens with zero attached hydrogens (tertiary/aromatic N) is 2.